The quantitative estimate of drug-likeness (QED) is 0.876. The molecule has 0 unspecified atom stereocenters. The van der Waals surface area contributed by atoms with Crippen LogP contribution in [0, 0.1) is 12.8 Å². The summed E-state index contributed by atoms with van der Waals surface area (Å²) in [7, 11) is 1.76. The first-order valence-corrected chi connectivity index (χ1v) is 7.64. The van der Waals surface area contributed by atoms with Gasteiger partial charge in [0.2, 0.25) is 0 Å². The van der Waals surface area contributed by atoms with Crippen molar-refractivity contribution in [2.75, 3.05) is 45.2 Å². The van der Waals surface area contributed by atoms with E-state index in [4.69, 9.17) is 16.3 Å². The first kappa shape index (κ1) is 15.5. The highest BCUT2D eigenvalue weighted by Gasteiger charge is 2.18. The average molecular weight is 298 g/mol. The van der Waals surface area contributed by atoms with E-state index in [1.165, 1.54) is 25.9 Å². The highest BCUT2D eigenvalue weighted by Crippen LogP contribution is 2.20. The van der Waals surface area contributed by atoms with E-state index < -0.39 is 0 Å². The van der Waals surface area contributed by atoms with E-state index in [0.717, 1.165) is 37.0 Å². The van der Waals surface area contributed by atoms with E-state index in [9.17, 15) is 0 Å². The zero-order valence-electron chi connectivity index (χ0n) is 12.4. The maximum absolute atomic E-state index is 5.92. The highest BCUT2D eigenvalue weighted by molar-refractivity contribution is 6.30. The molecule has 0 atom stereocenters. The molecule has 0 bridgehead atoms. The fourth-order valence-corrected chi connectivity index (χ4v) is 2.81. The van der Waals surface area contributed by atoms with Gasteiger partial charge in [0, 0.05) is 26.4 Å². The lowest BCUT2D eigenvalue weighted by Gasteiger charge is -2.31. The van der Waals surface area contributed by atoms with Gasteiger partial charge in [0.1, 0.15) is 5.82 Å². The molecule has 20 heavy (non-hydrogen) atoms. The number of nitrogens with one attached hydrogen (secondary N) is 1. The molecular formula is C15H24ClN3O. The summed E-state index contributed by atoms with van der Waals surface area (Å²) in [5.41, 5.74) is 1.11. The number of likely N-dealkylation sites (tertiary alicyclic amines) is 1. The standard InChI is InChI=1S/C15H24ClN3O/c1-12-9-14(16)11-18-15(12)17-10-13-3-5-19(6-4-13)7-8-20-2/h9,11,13H,3-8,10H2,1-2H3,(H,17,18). The van der Waals surface area contributed by atoms with Crippen molar-refractivity contribution >= 4 is 17.4 Å². The number of aryl methyl sites for hydroxylation is 1. The van der Waals surface area contributed by atoms with Gasteiger partial charge < -0.3 is 15.0 Å². The van der Waals surface area contributed by atoms with Crippen LogP contribution in [-0.2, 0) is 4.74 Å². The Hall–Kier alpha value is -0.840. The van der Waals surface area contributed by atoms with Crippen molar-refractivity contribution in [2.45, 2.75) is 19.8 Å². The third kappa shape index (κ3) is 4.62. The maximum Gasteiger partial charge on any atom is 0.128 e. The van der Waals surface area contributed by atoms with Crippen molar-refractivity contribution in [3.63, 3.8) is 0 Å². The molecule has 0 spiro atoms. The molecular weight excluding hydrogens is 274 g/mol. The molecule has 0 saturated carbocycles. The zero-order chi connectivity index (χ0) is 14.4. The van der Waals surface area contributed by atoms with Gasteiger partial charge in [-0.25, -0.2) is 4.98 Å². The Kier molecular flexibility index (Phi) is 6.07. The predicted octanol–water partition coefficient (Wildman–Crippen LogP) is 2.81. The first-order chi connectivity index (χ1) is 9.69. The second kappa shape index (κ2) is 7.81. The van der Waals surface area contributed by atoms with Crippen molar-refractivity contribution in [1.29, 1.82) is 0 Å². The van der Waals surface area contributed by atoms with E-state index >= 15 is 0 Å². The molecule has 5 heteroatoms. The van der Waals surface area contributed by atoms with Crippen LogP contribution in [0.1, 0.15) is 18.4 Å². The summed E-state index contributed by atoms with van der Waals surface area (Å²) in [6, 6.07) is 1.95. The Balaban J connectivity index is 1.73. The number of nitrogens with zero attached hydrogens (tertiary/aromatic N) is 2. The lowest BCUT2D eigenvalue weighted by Crippen LogP contribution is -2.37. The summed E-state index contributed by atoms with van der Waals surface area (Å²) in [5.74, 6) is 1.68. The van der Waals surface area contributed by atoms with E-state index in [0.29, 0.717) is 5.02 Å². The minimum absolute atomic E-state index is 0.694. The third-order valence-electron chi connectivity index (χ3n) is 3.92. The molecule has 1 N–H and O–H groups in total. The molecule has 1 aliphatic rings. The van der Waals surface area contributed by atoms with Crippen LogP contribution >= 0.6 is 11.6 Å². The molecule has 1 aromatic rings. The van der Waals surface area contributed by atoms with Crippen LogP contribution in [0.5, 0.6) is 0 Å². The van der Waals surface area contributed by atoms with Gasteiger partial charge in [0.25, 0.3) is 0 Å². The van der Waals surface area contributed by atoms with Crippen molar-refractivity contribution in [3.8, 4) is 0 Å². The minimum atomic E-state index is 0.694. The molecule has 1 fully saturated rings. The van der Waals surface area contributed by atoms with Crippen LogP contribution < -0.4 is 5.32 Å². The number of ether oxygens (including phenoxy) is 1. The van der Waals surface area contributed by atoms with E-state index in [-0.39, 0.29) is 0 Å². The Labute approximate surface area is 126 Å². The lowest BCUT2D eigenvalue weighted by atomic mass is 9.97. The number of hydrogen-bond donors (Lipinski definition) is 1. The fraction of sp³-hybridized carbons (Fsp3) is 0.667. The number of anilines is 1. The van der Waals surface area contributed by atoms with E-state index in [1.54, 1.807) is 13.3 Å². The van der Waals surface area contributed by atoms with Gasteiger partial charge in [0.15, 0.2) is 0 Å². The minimum Gasteiger partial charge on any atom is -0.383 e. The number of piperidine rings is 1. The largest absolute Gasteiger partial charge is 0.383 e. The first-order valence-electron chi connectivity index (χ1n) is 7.26. The number of methoxy groups -OCH3 is 1. The molecule has 0 radical (unpaired) electrons. The van der Waals surface area contributed by atoms with Crippen molar-refractivity contribution < 1.29 is 4.74 Å². The molecule has 4 nitrogen and oxygen atoms in total. The monoisotopic (exact) mass is 297 g/mol. The molecule has 1 aromatic heterocycles. The SMILES string of the molecule is COCCN1CCC(CNc2ncc(Cl)cc2C)CC1. The second-order valence-electron chi connectivity index (χ2n) is 5.48. The van der Waals surface area contributed by atoms with Gasteiger partial charge in [-0.15, -0.1) is 0 Å². The third-order valence-corrected chi connectivity index (χ3v) is 4.13. The van der Waals surface area contributed by atoms with Crippen LogP contribution in [0.2, 0.25) is 5.02 Å². The zero-order valence-corrected chi connectivity index (χ0v) is 13.1. The number of aromatic nitrogens is 1. The summed E-state index contributed by atoms with van der Waals surface area (Å²) in [5, 5.41) is 4.15. The van der Waals surface area contributed by atoms with Crippen LogP contribution in [0.15, 0.2) is 12.3 Å². The van der Waals surface area contributed by atoms with Crippen LogP contribution in [0.4, 0.5) is 5.82 Å². The Bertz CT molecular complexity index is 420. The summed E-state index contributed by atoms with van der Waals surface area (Å²) >= 11 is 5.92. The smallest absolute Gasteiger partial charge is 0.128 e. The number of hydrogen-bond acceptors (Lipinski definition) is 4. The van der Waals surface area contributed by atoms with Crippen LogP contribution in [0.25, 0.3) is 0 Å². The summed E-state index contributed by atoms with van der Waals surface area (Å²) in [4.78, 5) is 6.83. The molecule has 0 aliphatic carbocycles. The Morgan fingerprint density at radius 1 is 1.45 bits per heavy atom. The van der Waals surface area contributed by atoms with Gasteiger partial charge in [0.05, 0.1) is 11.6 Å². The van der Waals surface area contributed by atoms with Crippen molar-refractivity contribution in [1.82, 2.24) is 9.88 Å². The fourth-order valence-electron chi connectivity index (χ4n) is 2.60. The average Bonchev–Trinajstić information content (AvgIpc) is 2.45. The second-order valence-corrected chi connectivity index (χ2v) is 5.91. The molecule has 0 amide bonds. The van der Waals surface area contributed by atoms with Gasteiger partial charge in [-0.05, 0) is 50.4 Å². The molecule has 2 heterocycles. The number of halogens is 1. The Morgan fingerprint density at radius 2 is 2.20 bits per heavy atom. The molecule has 0 aromatic carbocycles. The van der Waals surface area contributed by atoms with Gasteiger partial charge in [-0.2, -0.15) is 0 Å². The van der Waals surface area contributed by atoms with Crippen molar-refractivity contribution in [3.05, 3.63) is 22.8 Å². The van der Waals surface area contributed by atoms with Gasteiger partial charge >= 0.3 is 0 Å². The molecule has 2 rings (SSSR count). The molecule has 1 aliphatic heterocycles. The summed E-state index contributed by atoms with van der Waals surface area (Å²) in [6.07, 6.45) is 4.18. The molecule has 1 saturated heterocycles. The van der Waals surface area contributed by atoms with Gasteiger partial charge in [-0.1, -0.05) is 11.6 Å². The highest BCUT2D eigenvalue weighted by atomic mass is 35.5. The maximum atomic E-state index is 5.92. The number of pyridine rings is 1. The van der Waals surface area contributed by atoms with Crippen LogP contribution in [-0.4, -0.2) is 49.8 Å². The summed E-state index contributed by atoms with van der Waals surface area (Å²) < 4.78 is 5.13. The summed E-state index contributed by atoms with van der Waals surface area (Å²) in [6.45, 7) is 7.25. The normalized spacial score (nSPS) is 17.4. The van der Waals surface area contributed by atoms with E-state index in [2.05, 4.69) is 15.2 Å². The van der Waals surface area contributed by atoms with Crippen LogP contribution in [0.3, 0.4) is 0 Å². The molecule has 112 valence electrons. The van der Waals surface area contributed by atoms with E-state index in [1.807, 2.05) is 13.0 Å². The Morgan fingerprint density at radius 3 is 2.85 bits per heavy atom. The number of rotatable bonds is 6. The predicted molar refractivity (Wildman–Crippen MR) is 83.5 cm³/mol. The topological polar surface area (TPSA) is 37.4 Å². The van der Waals surface area contributed by atoms with Crippen molar-refractivity contribution in [2.24, 2.45) is 5.92 Å². The van der Waals surface area contributed by atoms with Gasteiger partial charge in [-0.3, -0.25) is 0 Å². The lowest BCUT2D eigenvalue weighted by molar-refractivity contribution is 0.122.